The summed E-state index contributed by atoms with van der Waals surface area (Å²) in [6, 6.07) is 0.134. The number of carbonyl (C=O) groups excluding carboxylic acids is 1. The molecule has 2 bridgehead atoms. The van der Waals surface area contributed by atoms with E-state index in [9.17, 15) is 9.90 Å². The number of primary amides is 1. The van der Waals surface area contributed by atoms with Gasteiger partial charge >= 0.3 is 0 Å². The molecule has 1 heterocycles. The number of nitrogens with zero attached hydrogens (tertiary/aromatic N) is 2. The van der Waals surface area contributed by atoms with E-state index in [2.05, 4.69) is 15.3 Å². The van der Waals surface area contributed by atoms with E-state index in [1.807, 2.05) is 13.8 Å². The molecule has 0 spiro atoms. The molecule has 3 saturated carbocycles. The van der Waals surface area contributed by atoms with Crippen LogP contribution >= 0.6 is 0 Å². The van der Waals surface area contributed by atoms with Gasteiger partial charge in [0.15, 0.2) is 0 Å². The maximum atomic E-state index is 11.6. The number of carbonyl (C=O) groups is 1. The van der Waals surface area contributed by atoms with E-state index in [0.717, 1.165) is 32.1 Å². The van der Waals surface area contributed by atoms with Crippen molar-refractivity contribution in [3.63, 3.8) is 0 Å². The molecule has 1 atom stereocenters. The van der Waals surface area contributed by atoms with Gasteiger partial charge < -0.3 is 16.2 Å². The zero-order valence-electron chi connectivity index (χ0n) is 13.0. The summed E-state index contributed by atoms with van der Waals surface area (Å²) in [5.41, 5.74) is 4.94. The highest BCUT2D eigenvalue weighted by Crippen LogP contribution is 2.83. The molecule has 1 aromatic rings. The lowest BCUT2D eigenvalue weighted by Gasteiger charge is -2.30. The topological polar surface area (TPSA) is 101 Å². The Bertz CT molecular complexity index is 664. The van der Waals surface area contributed by atoms with Crippen molar-refractivity contribution >= 4 is 11.7 Å². The number of nitrogens with two attached hydrogens (primary N) is 1. The Morgan fingerprint density at radius 1 is 1.36 bits per heavy atom. The van der Waals surface area contributed by atoms with Crippen molar-refractivity contribution in [2.24, 2.45) is 11.1 Å². The largest absolute Gasteiger partial charge is 0.389 e. The molecule has 6 nitrogen and oxygen atoms in total. The first-order valence-corrected chi connectivity index (χ1v) is 8.00. The molecule has 6 heteroatoms. The number of hydrogen-bond acceptors (Lipinski definition) is 5. The fraction of sp³-hybridized carbons (Fsp3) is 0.688. The maximum Gasteiger partial charge on any atom is 0.254 e. The molecule has 0 aliphatic heterocycles. The molecule has 0 saturated heterocycles. The van der Waals surface area contributed by atoms with Crippen LogP contribution in [0.1, 0.15) is 62.1 Å². The summed E-state index contributed by atoms with van der Waals surface area (Å²) in [5.74, 6) is 0.628. The fourth-order valence-corrected chi connectivity index (χ4v) is 4.97. The molecule has 1 amide bonds. The Kier molecular flexibility index (Phi) is 2.52. The fourth-order valence-electron chi connectivity index (χ4n) is 4.97. The van der Waals surface area contributed by atoms with E-state index in [1.54, 1.807) is 0 Å². The predicted octanol–water partition coefficient (Wildman–Crippen LogP) is 1.34. The van der Waals surface area contributed by atoms with Gasteiger partial charge in [-0.05, 0) is 51.4 Å². The first-order valence-electron chi connectivity index (χ1n) is 8.00. The summed E-state index contributed by atoms with van der Waals surface area (Å²) in [4.78, 5) is 20.6. The van der Waals surface area contributed by atoms with Gasteiger partial charge in [0.05, 0.1) is 16.6 Å². The van der Waals surface area contributed by atoms with E-state index in [4.69, 9.17) is 5.73 Å². The summed E-state index contributed by atoms with van der Waals surface area (Å²) in [6.45, 7) is 3.96. The third-order valence-electron chi connectivity index (χ3n) is 6.07. The smallest absolute Gasteiger partial charge is 0.254 e. The lowest BCUT2D eigenvalue weighted by molar-refractivity contribution is 0.00560. The highest BCUT2D eigenvalue weighted by molar-refractivity contribution is 5.97. The summed E-state index contributed by atoms with van der Waals surface area (Å²) in [6.07, 6.45) is 6.25. The number of rotatable bonds is 4. The van der Waals surface area contributed by atoms with Gasteiger partial charge in [-0.3, -0.25) is 4.79 Å². The van der Waals surface area contributed by atoms with Crippen molar-refractivity contribution in [1.29, 1.82) is 0 Å². The van der Waals surface area contributed by atoms with Crippen LogP contribution in [0.15, 0.2) is 6.20 Å². The van der Waals surface area contributed by atoms with Crippen LogP contribution in [0.2, 0.25) is 0 Å². The Hall–Kier alpha value is -1.69. The molecule has 3 fully saturated rings. The number of nitrogens with one attached hydrogen (secondary N) is 1. The Balaban J connectivity index is 1.80. The number of hydrogen-bond donors (Lipinski definition) is 3. The van der Waals surface area contributed by atoms with Gasteiger partial charge in [-0.25, -0.2) is 9.97 Å². The monoisotopic (exact) mass is 302 g/mol. The molecule has 1 unspecified atom stereocenters. The van der Waals surface area contributed by atoms with Crippen molar-refractivity contribution < 1.29 is 9.90 Å². The van der Waals surface area contributed by atoms with Gasteiger partial charge in [0, 0.05) is 12.2 Å². The first-order chi connectivity index (χ1) is 10.3. The highest BCUT2D eigenvalue weighted by atomic mass is 16.3. The van der Waals surface area contributed by atoms with Crippen molar-refractivity contribution in [2.45, 2.75) is 63.0 Å². The predicted molar refractivity (Wildman–Crippen MR) is 81.5 cm³/mol. The number of amides is 1. The highest BCUT2D eigenvalue weighted by Gasteiger charge is 2.85. The van der Waals surface area contributed by atoms with E-state index in [1.165, 1.54) is 6.20 Å². The molecule has 118 valence electrons. The lowest BCUT2D eigenvalue weighted by Crippen LogP contribution is -2.39. The lowest BCUT2D eigenvalue weighted by atomic mass is 9.83. The Morgan fingerprint density at radius 2 is 2.05 bits per heavy atom. The van der Waals surface area contributed by atoms with Gasteiger partial charge in [-0.2, -0.15) is 0 Å². The van der Waals surface area contributed by atoms with Crippen LogP contribution in [0, 0.1) is 5.41 Å². The summed E-state index contributed by atoms with van der Waals surface area (Å²) < 4.78 is 0. The van der Waals surface area contributed by atoms with E-state index < -0.39 is 11.5 Å². The quantitative estimate of drug-likeness (QED) is 0.779. The van der Waals surface area contributed by atoms with E-state index >= 15 is 0 Å². The van der Waals surface area contributed by atoms with Crippen molar-refractivity contribution in [3.05, 3.63) is 17.6 Å². The third-order valence-corrected chi connectivity index (χ3v) is 6.07. The second-order valence-corrected chi connectivity index (χ2v) is 7.51. The molecule has 22 heavy (non-hydrogen) atoms. The normalized spacial score (nSPS) is 38.2. The van der Waals surface area contributed by atoms with Crippen molar-refractivity contribution in [2.75, 3.05) is 5.32 Å². The van der Waals surface area contributed by atoms with Crippen LogP contribution in [-0.2, 0) is 5.41 Å². The van der Waals surface area contributed by atoms with Gasteiger partial charge in [0.2, 0.25) is 0 Å². The molecular weight excluding hydrogens is 280 g/mol. The molecule has 1 aromatic heterocycles. The van der Waals surface area contributed by atoms with Crippen molar-refractivity contribution in [3.8, 4) is 0 Å². The van der Waals surface area contributed by atoms with Crippen LogP contribution in [-0.4, -0.2) is 32.6 Å². The standard InChI is InChI=1S/C16H22N4O2/c1-9(2)19-12-10(11(17)21)7-18-13(20-12)16-8-14(16)3-5-15(16,22)6-4-14/h7,9,22H,3-6,8H2,1-2H3,(H2,17,21)(H,18,19,20). The summed E-state index contributed by atoms with van der Waals surface area (Å²) in [5, 5.41) is 14.2. The minimum Gasteiger partial charge on any atom is -0.389 e. The second kappa shape index (κ2) is 3.98. The SMILES string of the molecule is CC(C)Nc1nc(C23CC24CCC3(O)CC4)ncc1C(N)=O. The second-order valence-electron chi connectivity index (χ2n) is 7.51. The number of anilines is 1. The summed E-state index contributed by atoms with van der Waals surface area (Å²) in [7, 11) is 0. The average Bonchev–Trinajstić information content (AvgIpc) is 2.99. The Labute approximate surface area is 129 Å². The zero-order valence-corrected chi connectivity index (χ0v) is 13.0. The van der Waals surface area contributed by atoms with Crippen LogP contribution in [0.5, 0.6) is 0 Å². The van der Waals surface area contributed by atoms with E-state index in [-0.39, 0.29) is 16.9 Å². The minimum atomic E-state index is -0.670. The number of aromatic nitrogens is 2. The van der Waals surface area contributed by atoms with Crippen LogP contribution in [0.4, 0.5) is 5.82 Å². The van der Waals surface area contributed by atoms with Crippen LogP contribution < -0.4 is 11.1 Å². The minimum absolute atomic E-state index is 0.134. The van der Waals surface area contributed by atoms with Crippen LogP contribution in [0.25, 0.3) is 0 Å². The molecule has 4 N–H and O–H groups in total. The first kappa shape index (κ1) is 13.9. The third kappa shape index (κ3) is 1.46. The average molecular weight is 302 g/mol. The molecule has 0 radical (unpaired) electrons. The summed E-state index contributed by atoms with van der Waals surface area (Å²) >= 11 is 0. The van der Waals surface area contributed by atoms with E-state index in [0.29, 0.717) is 17.2 Å². The van der Waals surface area contributed by atoms with Gasteiger partial charge in [0.1, 0.15) is 11.6 Å². The maximum absolute atomic E-state index is 11.6. The number of aliphatic hydroxyl groups is 1. The molecular formula is C16H22N4O2. The van der Waals surface area contributed by atoms with Gasteiger partial charge in [-0.15, -0.1) is 0 Å². The molecule has 3 aliphatic rings. The Morgan fingerprint density at radius 3 is 2.50 bits per heavy atom. The molecule has 0 aromatic carbocycles. The van der Waals surface area contributed by atoms with Gasteiger partial charge in [0.25, 0.3) is 5.91 Å². The van der Waals surface area contributed by atoms with Crippen LogP contribution in [0.3, 0.4) is 0 Å². The zero-order chi connectivity index (χ0) is 15.8. The van der Waals surface area contributed by atoms with Gasteiger partial charge in [-0.1, -0.05) is 0 Å². The van der Waals surface area contributed by atoms with Crippen molar-refractivity contribution in [1.82, 2.24) is 9.97 Å². The molecule has 3 aliphatic carbocycles. The molecule has 4 rings (SSSR count).